The second-order valence-corrected chi connectivity index (χ2v) is 7.94. The molecular weight excluding hydrogens is 441 g/mol. The Morgan fingerprint density at radius 3 is 2.77 bits per heavy atom. The second kappa shape index (κ2) is 9.44. The lowest BCUT2D eigenvalue weighted by molar-refractivity contribution is 0.0217. The highest BCUT2D eigenvalue weighted by Crippen LogP contribution is 2.39. The van der Waals surface area contributed by atoms with E-state index >= 15 is 0 Å². The Morgan fingerprint density at radius 2 is 2.04 bits per heavy atom. The van der Waals surface area contributed by atoms with Crippen LogP contribution in [0.15, 0.2) is 27.8 Å². The zero-order chi connectivity index (χ0) is 17.0. The fourth-order valence-corrected chi connectivity index (χ4v) is 4.54. The lowest BCUT2D eigenvalue weighted by Gasteiger charge is -2.34. The summed E-state index contributed by atoms with van der Waals surface area (Å²) in [5.74, 6) is 2.15. The molecule has 0 radical (unpaired) electrons. The van der Waals surface area contributed by atoms with Crippen molar-refractivity contribution < 1.29 is 9.15 Å². The van der Waals surface area contributed by atoms with Gasteiger partial charge in [0, 0.05) is 45.3 Å². The van der Waals surface area contributed by atoms with Gasteiger partial charge in [0.15, 0.2) is 5.96 Å². The summed E-state index contributed by atoms with van der Waals surface area (Å²) in [5, 5.41) is 3.77. The number of hydrogen-bond donors (Lipinski definition) is 1. The van der Waals surface area contributed by atoms with E-state index in [1.54, 1.807) is 6.26 Å². The molecule has 1 aliphatic carbocycles. The number of nitrogens with zero attached hydrogens (tertiary/aromatic N) is 2. The van der Waals surface area contributed by atoms with E-state index in [0.29, 0.717) is 11.5 Å². The Labute approximate surface area is 174 Å². The van der Waals surface area contributed by atoms with Gasteiger partial charge in [0.2, 0.25) is 0 Å². The van der Waals surface area contributed by atoms with Crippen LogP contribution < -0.4 is 5.32 Å². The van der Waals surface area contributed by atoms with E-state index in [4.69, 9.17) is 14.1 Å². The summed E-state index contributed by atoms with van der Waals surface area (Å²) in [5.41, 5.74) is 0.456. The lowest BCUT2D eigenvalue weighted by atomic mass is 9.80. The molecule has 0 unspecified atom stereocenters. The van der Waals surface area contributed by atoms with Gasteiger partial charge in [0.1, 0.15) is 5.76 Å². The van der Waals surface area contributed by atoms with Crippen molar-refractivity contribution >= 4 is 29.9 Å². The van der Waals surface area contributed by atoms with Gasteiger partial charge in [-0.05, 0) is 49.7 Å². The number of ether oxygens (including phenoxy) is 1. The number of aliphatic imine (C=N–C) groups is 1. The largest absolute Gasteiger partial charge is 0.469 e. The van der Waals surface area contributed by atoms with Gasteiger partial charge in [-0.15, -0.1) is 24.0 Å². The van der Waals surface area contributed by atoms with Crippen LogP contribution in [0.5, 0.6) is 0 Å². The number of halogens is 1. The average molecular weight is 473 g/mol. The summed E-state index contributed by atoms with van der Waals surface area (Å²) in [6, 6.07) is 4.59. The molecule has 146 valence electrons. The summed E-state index contributed by atoms with van der Waals surface area (Å²) in [7, 11) is 0. The van der Waals surface area contributed by atoms with Crippen molar-refractivity contribution in [1.82, 2.24) is 10.2 Å². The van der Waals surface area contributed by atoms with E-state index in [0.717, 1.165) is 51.0 Å². The number of nitrogens with one attached hydrogen (secondary N) is 1. The maximum atomic E-state index is 5.59. The van der Waals surface area contributed by atoms with E-state index in [1.165, 1.54) is 44.9 Å². The van der Waals surface area contributed by atoms with Crippen molar-refractivity contribution in [3.05, 3.63) is 24.2 Å². The molecular formula is C20H32IN3O2. The molecule has 4 rings (SSSR count). The quantitative estimate of drug-likeness (QED) is 0.411. The number of rotatable bonds is 4. The molecule has 1 aromatic rings. The first-order valence-electron chi connectivity index (χ1n) is 9.99. The molecule has 0 atom stereocenters. The Kier molecular flexibility index (Phi) is 7.26. The highest BCUT2D eigenvalue weighted by molar-refractivity contribution is 14.0. The molecule has 1 N–H and O–H groups in total. The maximum Gasteiger partial charge on any atom is 0.194 e. The molecule has 2 aliphatic heterocycles. The van der Waals surface area contributed by atoms with Gasteiger partial charge >= 0.3 is 0 Å². The highest BCUT2D eigenvalue weighted by atomic mass is 127. The van der Waals surface area contributed by atoms with E-state index < -0.39 is 0 Å². The highest BCUT2D eigenvalue weighted by Gasteiger charge is 2.40. The zero-order valence-electron chi connectivity index (χ0n) is 15.6. The van der Waals surface area contributed by atoms with Gasteiger partial charge in [-0.3, -0.25) is 4.99 Å². The molecule has 3 aliphatic rings. The molecule has 0 bridgehead atoms. The normalized spacial score (nSPS) is 23.4. The first-order chi connectivity index (χ1) is 12.3. The van der Waals surface area contributed by atoms with Crippen molar-refractivity contribution in [1.29, 1.82) is 0 Å². The standard InChI is InChI=1S/C20H31N3O2.HI/c1-2-5-17(4-1)22-19(21-11-7-18-6-3-13-25-18)23-12-8-20(16-23)9-14-24-15-10-20;/h3,6,13,17H,1-2,4-5,7-12,14-16H2,(H,21,22);1H. The minimum absolute atomic E-state index is 0. The summed E-state index contributed by atoms with van der Waals surface area (Å²) in [6.07, 6.45) is 11.5. The minimum atomic E-state index is 0. The molecule has 1 saturated carbocycles. The summed E-state index contributed by atoms with van der Waals surface area (Å²) < 4.78 is 11.0. The summed E-state index contributed by atoms with van der Waals surface area (Å²) in [4.78, 5) is 7.47. The fraction of sp³-hybridized carbons (Fsp3) is 0.750. The molecule has 5 nitrogen and oxygen atoms in total. The van der Waals surface area contributed by atoms with E-state index in [9.17, 15) is 0 Å². The third-order valence-electron chi connectivity index (χ3n) is 6.18. The molecule has 3 fully saturated rings. The number of guanidine groups is 1. The minimum Gasteiger partial charge on any atom is -0.469 e. The predicted octanol–water partition coefficient (Wildman–Crippen LogP) is 3.83. The Morgan fingerprint density at radius 1 is 1.23 bits per heavy atom. The van der Waals surface area contributed by atoms with Crippen LogP contribution in [0.2, 0.25) is 0 Å². The van der Waals surface area contributed by atoms with Crippen LogP contribution >= 0.6 is 24.0 Å². The molecule has 0 aromatic carbocycles. The van der Waals surface area contributed by atoms with Gasteiger partial charge in [0.05, 0.1) is 6.26 Å². The van der Waals surface area contributed by atoms with Crippen molar-refractivity contribution in [3.8, 4) is 0 Å². The maximum absolute atomic E-state index is 5.59. The number of likely N-dealkylation sites (tertiary alicyclic amines) is 1. The van der Waals surface area contributed by atoms with Crippen LogP contribution in [-0.4, -0.2) is 49.7 Å². The fourth-order valence-electron chi connectivity index (χ4n) is 4.54. The van der Waals surface area contributed by atoms with Crippen molar-refractivity contribution in [2.75, 3.05) is 32.8 Å². The van der Waals surface area contributed by atoms with E-state index in [2.05, 4.69) is 10.2 Å². The van der Waals surface area contributed by atoms with Gasteiger partial charge in [0.25, 0.3) is 0 Å². The number of furan rings is 1. The third kappa shape index (κ3) is 4.94. The van der Waals surface area contributed by atoms with Crippen molar-refractivity contribution in [3.63, 3.8) is 0 Å². The third-order valence-corrected chi connectivity index (χ3v) is 6.18. The van der Waals surface area contributed by atoms with Crippen LogP contribution in [0, 0.1) is 5.41 Å². The smallest absolute Gasteiger partial charge is 0.194 e. The molecule has 1 spiro atoms. The van der Waals surface area contributed by atoms with E-state index in [1.807, 2.05) is 12.1 Å². The molecule has 1 aromatic heterocycles. The average Bonchev–Trinajstić information content (AvgIpc) is 3.37. The lowest BCUT2D eigenvalue weighted by Crippen LogP contribution is -2.45. The van der Waals surface area contributed by atoms with Gasteiger partial charge < -0.3 is 19.4 Å². The van der Waals surface area contributed by atoms with Crippen molar-refractivity contribution in [2.45, 2.75) is 57.4 Å². The van der Waals surface area contributed by atoms with Crippen LogP contribution in [0.25, 0.3) is 0 Å². The van der Waals surface area contributed by atoms with Gasteiger partial charge in [-0.25, -0.2) is 0 Å². The number of hydrogen-bond acceptors (Lipinski definition) is 3. The summed E-state index contributed by atoms with van der Waals surface area (Å²) >= 11 is 0. The van der Waals surface area contributed by atoms with E-state index in [-0.39, 0.29) is 24.0 Å². The van der Waals surface area contributed by atoms with Crippen LogP contribution in [0.4, 0.5) is 0 Å². The van der Waals surface area contributed by atoms with Crippen LogP contribution in [0.1, 0.15) is 50.7 Å². The first-order valence-corrected chi connectivity index (χ1v) is 9.99. The van der Waals surface area contributed by atoms with Crippen LogP contribution in [0.3, 0.4) is 0 Å². The topological polar surface area (TPSA) is 50.0 Å². The Balaban J connectivity index is 0.00000196. The Bertz CT molecular complexity index is 564. The van der Waals surface area contributed by atoms with Crippen molar-refractivity contribution in [2.24, 2.45) is 10.4 Å². The SMILES string of the molecule is I.c1coc(CCN=C(NC2CCCC2)N2CCC3(CCOCC3)C2)c1. The van der Waals surface area contributed by atoms with Gasteiger partial charge in [-0.1, -0.05) is 12.8 Å². The zero-order valence-corrected chi connectivity index (χ0v) is 18.0. The molecule has 0 amide bonds. The predicted molar refractivity (Wildman–Crippen MR) is 114 cm³/mol. The Hall–Kier alpha value is -0.760. The second-order valence-electron chi connectivity index (χ2n) is 7.94. The first kappa shape index (κ1) is 20.0. The summed E-state index contributed by atoms with van der Waals surface area (Å²) in [6.45, 7) is 4.90. The molecule has 6 heteroatoms. The van der Waals surface area contributed by atoms with Gasteiger partial charge in [-0.2, -0.15) is 0 Å². The molecule has 2 saturated heterocycles. The molecule has 26 heavy (non-hydrogen) atoms. The molecule has 3 heterocycles. The van der Waals surface area contributed by atoms with Crippen LogP contribution in [-0.2, 0) is 11.2 Å². The monoisotopic (exact) mass is 473 g/mol.